The minimum Gasteiger partial charge on any atom is -0.302 e. The third kappa shape index (κ3) is 2.10. The van der Waals surface area contributed by atoms with E-state index in [0.717, 1.165) is 17.4 Å². The molecule has 0 radical (unpaired) electrons. The van der Waals surface area contributed by atoms with E-state index in [1.165, 1.54) is 0 Å². The molecule has 15 heavy (non-hydrogen) atoms. The summed E-state index contributed by atoms with van der Waals surface area (Å²) in [6.07, 6.45) is 4.37. The van der Waals surface area contributed by atoms with Gasteiger partial charge in [0.1, 0.15) is 6.29 Å². The van der Waals surface area contributed by atoms with E-state index in [1.807, 2.05) is 42.5 Å². The van der Waals surface area contributed by atoms with E-state index >= 15 is 0 Å². The maximum absolute atomic E-state index is 11.1. The van der Waals surface area contributed by atoms with Gasteiger partial charge in [0.15, 0.2) is 0 Å². The van der Waals surface area contributed by atoms with Crippen molar-refractivity contribution in [2.45, 2.75) is 5.92 Å². The number of hydrogen-bond acceptors (Lipinski definition) is 2. The first-order chi connectivity index (χ1) is 7.42. The van der Waals surface area contributed by atoms with Crippen molar-refractivity contribution in [1.29, 1.82) is 0 Å². The van der Waals surface area contributed by atoms with E-state index in [1.54, 1.807) is 12.4 Å². The van der Waals surface area contributed by atoms with E-state index in [0.29, 0.717) is 0 Å². The van der Waals surface area contributed by atoms with Crippen LogP contribution in [0, 0.1) is 0 Å². The predicted octanol–water partition coefficient (Wildman–Crippen LogP) is 2.41. The number of rotatable bonds is 3. The van der Waals surface area contributed by atoms with E-state index in [-0.39, 0.29) is 5.92 Å². The van der Waals surface area contributed by atoms with Crippen molar-refractivity contribution >= 4 is 6.29 Å². The van der Waals surface area contributed by atoms with Gasteiger partial charge in [0.25, 0.3) is 0 Å². The van der Waals surface area contributed by atoms with Gasteiger partial charge < -0.3 is 4.79 Å². The van der Waals surface area contributed by atoms with E-state index in [2.05, 4.69) is 4.98 Å². The molecule has 0 aliphatic rings. The zero-order valence-electron chi connectivity index (χ0n) is 8.21. The largest absolute Gasteiger partial charge is 0.302 e. The van der Waals surface area contributed by atoms with Crippen molar-refractivity contribution in [3.8, 4) is 0 Å². The summed E-state index contributed by atoms with van der Waals surface area (Å²) >= 11 is 0. The van der Waals surface area contributed by atoms with Crippen LogP contribution < -0.4 is 0 Å². The van der Waals surface area contributed by atoms with Gasteiger partial charge in [-0.15, -0.1) is 0 Å². The van der Waals surface area contributed by atoms with Crippen LogP contribution in [0.1, 0.15) is 17.0 Å². The van der Waals surface area contributed by atoms with Crippen LogP contribution in [0.25, 0.3) is 0 Å². The minimum atomic E-state index is -0.186. The Hall–Kier alpha value is -1.96. The molecular formula is C13H11NO. The summed E-state index contributed by atoms with van der Waals surface area (Å²) in [7, 11) is 0. The monoisotopic (exact) mass is 197 g/mol. The Labute approximate surface area is 88.6 Å². The molecule has 2 heteroatoms. The second-order valence-electron chi connectivity index (χ2n) is 3.30. The summed E-state index contributed by atoms with van der Waals surface area (Å²) in [6, 6.07) is 13.5. The van der Waals surface area contributed by atoms with Crippen molar-refractivity contribution in [3.05, 3.63) is 66.0 Å². The minimum absolute atomic E-state index is 0.186. The van der Waals surface area contributed by atoms with E-state index in [4.69, 9.17) is 0 Å². The molecule has 1 unspecified atom stereocenters. The molecule has 2 rings (SSSR count). The highest BCUT2D eigenvalue weighted by atomic mass is 16.1. The predicted molar refractivity (Wildman–Crippen MR) is 58.6 cm³/mol. The quantitative estimate of drug-likeness (QED) is 0.707. The third-order valence-electron chi connectivity index (χ3n) is 2.36. The maximum atomic E-state index is 11.1. The number of pyridine rings is 1. The Morgan fingerprint density at radius 1 is 0.933 bits per heavy atom. The molecule has 1 aromatic carbocycles. The molecule has 2 nitrogen and oxygen atoms in total. The van der Waals surface area contributed by atoms with Gasteiger partial charge >= 0.3 is 0 Å². The highest BCUT2D eigenvalue weighted by Gasteiger charge is 2.11. The summed E-state index contributed by atoms with van der Waals surface area (Å²) in [5, 5.41) is 0. The molecule has 1 heterocycles. The van der Waals surface area contributed by atoms with Gasteiger partial charge in [0.05, 0.1) is 5.92 Å². The number of nitrogens with zero attached hydrogens (tertiary/aromatic N) is 1. The van der Waals surface area contributed by atoms with Gasteiger partial charge in [-0.2, -0.15) is 0 Å². The van der Waals surface area contributed by atoms with Crippen LogP contribution in [0.3, 0.4) is 0 Å². The van der Waals surface area contributed by atoms with Crippen LogP contribution in [-0.4, -0.2) is 11.3 Å². The van der Waals surface area contributed by atoms with Gasteiger partial charge in [0, 0.05) is 12.4 Å². The second kappa shape index (κ2) is 4.51. The normalized spacial score (nSPS) is 12.0. The average Bonchev–Trinajstić information content (AvgIpc) is 2.33. The fraction of sp³-hybridized carbons (Fsp3) is 0.0769. The van der Waals surface area contributed by atoms with Crippen LogP contribution in [0.5, 0.6) is 0 Å². The Kier molecular flexibility index (Phi) is 2.88. The maximum Gasteiger partial charge on any atom is 0.131 e. The SMILES string of the molecule is O=CC(c1ccccc1)c1ccncc1. The van der Waals surface area contributed by atoms with Gasteiger partial charge in [-0.25, -0.2) is 0 Å². The highest BCUT2D eigenvalue weighted by molar-refractivity contribution is 5.67. The number of benzene rings is 1. The van der Waals surface area contributed by atoms with Gasteiger partial charge in [-0.3, -0.25) is 4.98 Å². The zero-order chi connectivity index (χ0) is 10.5. The third-order valence-corrected chi connectivity index (χ3v) is 2.36. The van der Waals surface area contributed by atoms with Crippen LogP contribution in [0.4, 0.5) is 0 Å². The fourth-order valence-corrected chi connectivity index (χ4v) is 1.58. The van der Waals surface area contributed by atoms with Crippen LogP contribution in [0.2, 0.25) is 0 Å². The Balaban J connectivity index is 2.38. The number of hydrogen-bond donors (Lipinski definition) is 0. The zero-order valence-corrected chi connectivity index (χ0v) is 8.21. The molecule has 74 valence electrons. The Morgan fingerprint density at radius 3 is 2.13 bits per heavy atom. The lowest BCUT2D eigenvalue weighted by molar-refractivity contribution is -0.108. The summed E-state index contributed by atoms with van der Waals surface area (Å²) < 4.78 is 0. The lowest BCUT2D eigenvalue weighted by Gasteiger charge is -2.10. The number of carbonyl (C=O) groups excluding carboxylic acids is 1. The van der Waals surface area contributed by atoms with Crippen molar-refractivity contribution in [2.24, 2.45) is 0 Å². The van der Waals surface area contributed by atoms with Gasteiger partial charge in [-0.1, -0.05) is 30.3 Å². The number of carbonyl (C=O) groups is 1. The topological polar surface area (TPSA) is 30.0 Å². The average molecular weight is 197 g/mol. The molecular weight excluding hydrogens is 186 g/mol. The van der Waals surface area contributed by atoms with E-state index < -0.39 is 0 Å². The summed E-state index contributed by atoms with van der Waals surface area (Å²) in [6.45, 7) is 0. The summed E-state index contributed by atoms with van der Waals surface area (Å²) in [4.78, 5) is 15.0. The molecule has 0 saturated heterocycles. The van der Waals surface area contributed by atoms with E-state index in [9.17, 15) is 4.79 Å². The molecule has 0 N–H and O–H groups in total. The Morgan fingerprint density at radius 2 is 1.53 bits per heavy atom. The highest BCUT2D eigenvalue weighted by Crippen LogP contribution is 2.21. The molecule has 0 bridgehead atoms. The van der Waals surface area contributed by atoms with Crippen molar-refractivity contribution in [1.82, 2.24) is 4.98 Å². The van der Waals surface area contributed by atoms with Crippen molar-refractivity contribution in [3.63, 3.8) is 0 Å². The molecule has 1 atom stereocenters. The van der Waals surface area contributed by atoms with Crippen LogP contribution in [-0.2, 0) is 4.79 Å². The Bertz CT molecular complexity index is 385. The second-order valence-corrected chi connectivity index (χ2v) is 3.30. The first kappa shape index (κ1) is 9.59. The first-order valence-electron chi connectivity index (χ1n) is 4.82. The first-order valence-corrected chi connectivity index (χ1v) is 4.82. The molecule has 0 saturated carbocycles. The lowest BCUT2D eigenvalue weighted by Crippen LogP contribution is -2.01. The molecule has 0 aliphatic carbocycles. The summed E-state index contributed by atoms with van der Waals surface area (Å²) in [5.74, 6) is -0.186. The number of aromatic nitrogens is 1. The van der Waals surface area contributed by atoms with Gasteiger partial charge in [0.2, 0.25) is 0 Å². The summed E-state index contributed by atoms with van der Waals surface area (Å²) in [5.41, 5.74) is 1.99. The molecule has 2 aromatic rings. The van der Waals surface area contributed by atoms with Crippen molar-refractivity contribution in [2.75, 3.05) is 0 Å². The fourth-order valence-electron chi connectivity index (χ4n) is 1.58. The van der Waals surface area contributed by atoms with Crippen LogP contribution in [0.15, 0.2) is 54.9 Å². The molecule has 0 fully saturated rings. The lowest BCUT2D eigenvalue weighted by atomic mass is 9.94. The molecule has 1 aromatic heterocycles. The van der Waals surface area contributed by atoms with Gasteiger partial charge in [-0.05, 0) is 23.3 Å². The standard InChI is InChI=1S/C13H11NO/c15-10-13(11-4-2-1-3-5-11)12-6-8-14-9-7-12/h1-10,13H. The van der Waals surface area contributed by atoms with Crippen molar-refractivity contribution < 1.29 is 4.79 Å². The smallest absolute Gasteiger partial charge is 0.131 e. The molecule has 0 aliphatic heterocycles. The molecule has 0 amide bonds. The number of aldehydes is 1. The molecule has 0 spiro atoms. The van der Waals surface area contributed by atoms with Crippen LogP contribution >= 0.6 is 0 Å².